The first-order chi connectivity index (χ1) is 15.9. The molecular formula is C26H33Cl2N3O2. The van der Waals surface area contributed by atoms with Crippen LogP contribution in [0, 0.1) is 0 Å². The molecule has 1 unspecified atom stereocenters. The van der Waals surface area contributed by atoms with Gasteiger partial charge in [-0.1, -0.05) is 53.5 Å². The highest BCUT2D eigenvalue weighted by molar-refractivity contribution is 6.34. The predicted molar refractivity (Wildman–Crippen MR) is 133 cm³/mol. The summed E-state index contributed by atoms with van der Waals surface area (Å²) in [5.74, 6) is -0.211. The van der Waals surface area contributed by atoms with Crippen LogP contribution in [0.3, 0.4) is 0 Å². The highest BCUT2D eigenvalue weighted by atomic mass is 35.5. The van der Waals surface area contributed by atoms with E-state index in [9.17, 15) is 4.79 Å². The summed E-state index contributed by atoms with van der Waals surface area (Å²) in [5, 5.41) is 6.14. The Bertz CT molecular complexity index is 912. The highest BCUT2D eigenvalue weighted by Gasteiger charge is 2.40. The summed E-state index contributed by atoms with van der Waals surface area (Å²) in [6.45, 7) is 4.23. The first-order valence-corrected chi connectivity index (χ1v) is 12.6. The van der Waals surface area contributed by atoms with Crippen LogP contribution in [0.25, 0.3) is 0 Å². The summed E-state index contributed by atoms with van der Waals surface area (Å²) in [4.78, 5) is 11.5. The lowest BCUT2D eigenvalue weighted by Crippen LogP contribution is -2.54. The van der Waals surface area contributed by atoms with E-state index >= 15 is 0 Å². The number of rotatable bonds is 9. The number of carbonyl (C=O) groups is 1. The van der Waals surface area contributed by atoms with E-state index in [0.717, 1.165) is 57.3 Å². The number of nitrogens with two attached hydrogens (primary N) is 1. The topological polar surface area (TPSA) is 58.8 Å². The second-order valence-corrected chi connectivity index (χ2v) is 10.2. The van der Waals surface area contributed by atoms with Gasteiger partial charge in [-0.15, -0.1) is 0 Å². The molecule has 0 spiro atoms. The average molecular weight is 490 g/mol. The van der Waals surface area contributed by atoms with E-state index < -0.39 is 0 Å². The molecule has 1 amide bonds. The maximum Gasteiger partial charge on any atom is 0.219 e. The quantitative estimate of drug-likeness (QED) is 0.511. The van der Waals surface area contributed by atoms with E-state index in [-0.39, 0.29) is 17.4 Å². The van der Waals surface area contributed by atoms with E-state index in [1.165, 1.54) is 5.56 Å². The first-order valence-electron chi connectivity index (χ1n) is 11.8. The Morgan fingerprint density at radius 1 is 1.06 bits per heavy atom. The Kier molecular flexibility index (Phi) is 8.31. The lowest BCUT2D eigenvalue weighted by molar-refractivity contribution is -0.122. The summed E-state index contributed by atoms with van der Waals surface area (Å²) in [6.07, 6.45) is 5.41. The number of ether oxygens (including phenoxy) is 1. The lowest BCUT2D eigenvalue weighted by atomic mass is 9.73. The van der Waals surface area contributed by atoms with Crippen molar-refractivity contribution in [2.45, 2.75) is 50.0 Å². The lowest BCUT2D eigenvalue weighted by Gasteiger charge is -2.46. The van der Waals surface area contributed by atoms with Crippen molar-refractivity contribution in [3.8, 4) is 0 Å². The molecule has 7 heteroatoms. The van der Waals surface area contributed by atoms with Gasteiger partial charge in [-0.25, -0.2) is 10.0 Å². The van der Waals surface area contributed by atoms with Crippen LogP contribution < -0.4 is 5.73 Å². The van der Waals surface area contributed by atoms with Crippen LogP contribution in [0.4, 0.5) is 0 Å². The van der Waals surface area contributed by atoms with Gasteiger partial charge >= 0.3 is 0 Å². The normalized spacial score (nSPS) is 21.3. The Labute approximate surface area is 206 Å². The van der Waals surface area contributed by atoms with Crippen molar-refractivity contribution in [1.82, 2.24) is 10.0 Å². The van der Waals surface area contributed by atoms with Crippen LogP contribution in [0.2, 0.25) is 10.0 Å². The number of primary amides is 1. The largest absolute Gasteiger partial charge is 0.380 e. The van der Waals surface area contributed by atoms with Gasteiger partial charge in [0.15, 0.2) is 0 Å². The average Bonchev–Trinajstić information content (AvgIpc) is 3.24. The summed E-state index contributed by atoms with van der Waals surface area (Å²) >= 11 is 12.3. The van der Waals surface area contributed by atoms with E-state index in [1.54, 1.807) is 6.07 Å². The number of carbonyl (C=O) groups excluding carboxylic acids is 1. The molecule has 178 valence electrons. The maximum absolute atomic E-state index is 11.5. The van der Waals surface area contributed by atoms with Crippen LogP contribution in [0.15, 0.2) is 48.5 Å². The molecule has 0 aromatic heterocycles. The van der Waals surface area contributed by atoms with Crippen molar-refractivity contribution in [1.29, 1.82) is 0 Å². The van der Waals surface area contributed by atoms with E-state index in [2.05, 4.69) is 40.3 Å². The molecule has 1 atom stereocenters. The van der Waals surface area contributed by atoms with Crippen LogP contribution in [-0.4, -0.2) is 54.8 Å². The van der Waals surface area contributed by atoms with E-state index in [4.69, 9.17) is 33.7 Å². The number of hydrazine groups is 1. The third kappa shape index (κ3) is 6.28. The Hall–Kier alpha value is -1.63. The minimum atomic E-state index is -0.211. The molecule has 2 heterocycles. The SMILES string of the molecule is NC(=O)CC1CCCN1N1CCC(COCCc2cc(Cl)cc(Cl)c2)(c2ccccc2)CC1. The van der Waals surface area contributed by atoms with Gasteiger partial charge in [0.25, 0.3) is 0 Å². The number of nitrogens with zero attached hydrogens (tertiary/aromatic N) is 2. The minimum Gasteiger partial charge on any atom is -0.380 e. The fraction of sp³-hybridized carbons (Fsp3) is 0.500. The number of hydrogen-bond donors (Lipinski definition) is 1. The fourth-order valence-corrected chi connectivity index (χ4v) is 5.90. The molecule has 2 N–H and O–H groups in total. The van der Waals surface area contributed by atoms with Crippen molar-refractivity contribution in [3.63, 3.8) is 0 Å². The van der Waals surface area contributed by atoms with Crippen LogP contribution in [0.5, 0.6) is 0 Å². The summed E-state index contributed by atoms with van der Waals surface area (Å²) < 4.78 is 6.27. The van der Waals surface area contributed by atoms with Gasteiger partial charge < -0.3 is 10.5 Å². The van der Waals surface area contributed by atoms with Gasteiger partial charge in [0.2, 0.25) is 5.91 Å². The van der Waals surface area contributed by atoms with Crippen molar-refractivity contribution in [2.75, 3.05) is 32.8 Å². The van der Waals surface area contributed by atoms with E-state index in [1.807, 2.05) is 12.1 Å². The van der Waals surface area contributed by atoms with Gasteiger partial charge in [-0.2, -0.15) is 0 Å². The number of hydrogen-bond acceptors (Lipinski definition) is 4. The van der Waals surface area contributed by atoms with E-state index in [0.29, 0.717) is 29.7 Å². The standard InChI is InChI=1S/C26H33Cl2N3O2/c27-22-15-20(16-23(28)17-22)8-14-33-19-26(21-5-2-1-3-6-21)9-12-30(13-10-26)31-11-4-7-24(31)18-25(29)32/h1-3,5-6,15-17,24H,4,7-14,18-19H2,(H2,29,32). The number of halogens is 2. The maximum atomic E-state index is 11.5. The minimum absolute atomic E-state index is 0.0113. The zero-order valence-electron chi connectivity index (χ0n) is 19.0. The zero-order valence-corrected chi connectivity index (χ0v) is 20.5. The molecular weight excluding hydrogens is 457 g/mol. The smallest absolute Gasteiger partial charge is 0.219 e. The van der Waals surface area contributed by atoms with Gasteiger partial charge in [0, 0.05) is 47.6 Å². The molecule has 2 aliphatic heterocycles. The summed E-state index contributed by atoms with van der Waals surface area (Å²) in [5.41, 5.74) is 7.91. The van der Waals surface area contributed by atoms with Crippen LogP contribution >= 0.6 is 23.2 Å². The van der Waals surface area contributed by atoms with Gasteiger partial charge in [-0.3, -0.25) is 4.79 Å². The first kappa shape index (κ1) is 24.5. The molecule has 5 nitrogen and oxygen atoms in total. The molecule has 2 fully saturated rings. The molecule has 2 aromatic carbocycles. The summed E-state index contributed by atoms with van der Waals surface area (Å²) in [6, 6.07) is 16.6. The Morgan fingerprint density at radius 2 is 1.76 bits per heavy atom. The fourth-order valence-electron chi connectivity index (χ4n) is 5.33. The monoisotopic (exact) mass is 489 g/mol. The Morgan fingerprint density at radius 3 is 2.42 bits per heavy atom. The number of amides is 1. The molecule has 0 bridgehead atoms. The van der Waals surface area contributed by atoms with Crippen molar-refractivity contribution >= 4 is 29.1 Å². The number of piperidine rings is 1. The molecule has 2 aromatic rings. The molecule has 0 aliphatic carbocycles. The third-order valence-electron chi connectivity index (χ3n) is 7.07. The Balaban J connectivity index is 1.38. The third-order valence-corrected chi connectivity index (χ3v) is 7.50. The molecule has 2 saturated heterocycles. The van der Waals surface area contributed by atoms with Crippen LogP contribution in [0.1, 0.15) is 43.2 Å². The molecule has 4 rings (SSSR count). The van der Waals surface area contributed by atoms with Crippen molar-refractivity contribution in [3.05, 3.63) is 69.7 Å². The second kappa shape index (κ2) is 11.2. The highest BCUT2D eigenvalue weighted by Crippen LogP contribution is 2.37. The molecule has 0 radical (unpaired) electrons. The summed E-state index contributed by atoms with van der Waals surface area (Å²) in [7, 11) is 0. The van der Waals surface area contributed by atoms with Crippen molar-refractivity contribution in [2.24, 2.45) is 5.73 Å². The van der Waals surface area contributed by atoms with Crippen LogP contribution in [-0.2, 0) is 21.4 Å². The van der Waals surface area contributed by atoms with Gasteiger partial charge in [0.1, 0.15) is 0 Å². The predicted octanol–water partition coefficient (Wildman–Crippen LogP) is 4.84. The van der Waals surface area contributed by atoms with Crippen molar-refractivity contribution < 1.29 is 9.53 Å². The van der Waals surface area contributed by atoms with Gasteiger partial charge in [-0.05, 0) is 61.4 Å². The molecule has 2 aliphatic rings. The molecule has 0 saturated carbocycles. The zero-order chi connectivity index (χ0) is 23.3. The molecule has 33 heavy (non-hydrogen) atoms. The van der Waals surface area contributed by atoms with Gasteiger partial charge in [0.05, 0.1) is 13.2 Å². The second-order valence-electron chi connectivity index (χ2n) is 9.31. The number of benzene rings is 2.